The zero-order valence-electron chi connectivity index (χ0n) is 10.4. The minimum absolute atomic E-state index is 0.127. The van der Waals surface area contributed by atoms with Crippen LogP contribution in [0.5, 0.6) is 0 Å². The first-order valence-corrected chi connectivity index (χ1v) is 5.63. The molecule has 1 aromatic carbocycles. The second kappa shape index (κ2) is 5.74. The van der Waals surface area contributed by atoms with Crippen LogP contribution in [0.15, 0.2) is 24.3 Å². The van der Waals surface area contributed by atoms with E-state index in [4.69, 9.17) is 5.26 Å². The molecule has 0 atom stereocenters. The SMILES string of the molecule is N#CN(Cc1nnnn1CC(F)(F)F)c1ccc(F)cc1. The van der Waals surface area contributed by atoms with Crippen molar-refractivity contribution in [3.63, 3.8) is 0 Å². The Hall–Kier alpha value is -2.70. The fourth-order valence-corrected chi connectivity index (χ4v) is 1.58. The number of benzene rings is 1. The summed E-state index contributed by atoms with van der Waals surface area (Å²) in [6.45, 7) is -1.61. The first-order valence-electron chi connectivity index (χ1n) is 5.63. The van der Waals surface area contributed by atoms with Crippen LogP contribution in [0.4, 0.5) is 23.2 Å². The van der Waals surface area contributed by atoms with Crippen LogP contribution in [0.3, 0.4) is 0 Å². The lowest BCUT2D eigenvalue weighted by Crippen LogP contribution is -2.24. The van der Waals surface area contributed by atoms with E-state index < -0.39 is 18.5 Å². The predicted octanol–water partition coefficient (Wildman–Crippen LogP) is 1.86. The summed E-state index contributed by atoms with van der Waals surface area (Å²) in [6, 6.07) is 4.93. The number of alkyl halides is 3. The number of halogens is 4. The Kier molecular flexibility index (Phi) is 4.02. The van der Waals surface area contributed by atoms with E-state index in [2.05, 4.69) is 15.5 Å². The summed E-state index contributed by atoms with van der Waals surface area (Å²) in [7, 11) is 0. The molecule has 10 heteroatoms. The molecule has 0 saturated heterocycles. The van der Waals surface area contributed by atoms with E-state index in [0.717, 1.165) is 17.0 Å². The molecular weight excluding hydrogens is 292 g/mol. The Balaban J connectivity index is 2.18. The van der Waals surface area contributed by atoms with Gasteiger partial charge >= 0.3 is 6.18 Å². The highest BCUT2D eigenvalue weighted by Crippen LogP contribution is 2.19. The molecule has 110 valence electrons. The Bertz CT molecular complexity index is 642. The van der Waals surface area contributed by atoms with Gasteiger partial charge in [0.05, 0.1) is 12.2 Å². The van der Waals surface area contributed by atoms with Gasteiger partial charge in [-0.05, 0) is 34.7 Å². The summed E-state index contributed by atoms with van der Waals surface area (Å²) in [5, 5.41) is 18.9. The third kappa shape index (κ3) is 3.88. The van der Waals surface area contributed by atoms with Crippen molar-refractivity contribution in [2.75, 3.05) is 4.90 Å². The number of hydrogen-bond donors (Lipinski definition) is 0. The topological polar surface area (TPSA) is 70.6 Å². The predicted molar refractivity (Wildman–Crippen MR) is 62.1 cm³/mol. The van der Waals surface area contributed by atoms with Crippen LogP contribution in [0.25, 0.3) is 0 Å². The van der Waals surface area contributed by atoms with Gasteiger partial charge in [0, 0.05) is 0 Å². The Morgan fingerprint density at radius 3 is 2.48 bits per heavy atom. The van der Waals surface area contributed by atoms with Crippen molar-refractivity contribution < 1.29 is 17.6 Å². The maximum absolute atomic E-state index is 12.8. The standard InChI is InChI=1S/C11H8F4N6/c12-8-1-3-9(4-2-8)20(7-16)5-10-17-18-19-21(10)6-11(13,14)15/h1-4H,5-6H2. The number of hydrogen-bond acceptors (Lipinski definition) is 5. The summed E-state index contributed by atoms with van der Waals surface area (Å²) < 4.78 is 50.4. The summed E-state index contributed by atoms with van der Waals surface area (Å²) in [5.41, 5.74) is 0.320. The van der Waals surface area contributed by atoms with E-state index in [0.29, 0.717) is 10.4 Å². The number of aromatic nitrogens is 4. The van der Waals surface area contributed by atoms with Gasteiger partial charge in [-0.3, -0.25) is 4.90 Å². The van der Waals surface area contributed by atoms with E-state index in [-0.39, 0.29) is 12.4 Å². The second-order valence-electron chi connectivity index (χ2n) is 4.03. The average Bonchev–Trinajstić information content (AvgIpc) is 2.82. The van der Waals surface area contributed by atoms with Crippen LogP contribution in [-0.4, -0.2) is 26.4 Å². The number of anilines is 1. The largest absolute Gasteiger partial charge is 0.408 e. The lowest BCUT2D eigenvalue weighted by Gasteiger charge is -2.15. The molecule has 0 aliphatic heterocycles. The molecule has 0 amide bonds. The Labute approximate surface area is 116 Å². The number of tetrazole rings is 1. The molecule has 2 aromatic rings. The Morgan fingerprint density at radius 2 is 1.90 bits per heavy atom. The fourth-order valence-electron chi connectivity index (χ4n) is 1.58. The van der Waals surface area contributed by atoms with Crippen LogP contribution in [-0.2, 0) is 13.1 Å². The monoisotopic (exact) mass is 300 g/mol. The van der Waals surface area contributed by atoms with Gasteiger partial charge in [-0.1, -0.05) is 0 Å². The second-order valence-corrected chi connectivity index (χ2v) is 4.03. The summed E-state index contributed by atoms with van der Waals surface area (Å²) in [5.74, 6) is -0.614. The van der Waals surface area contributed by atoms with Crippen LogP contribution in [0.2, 0.25) is 0 Å². The lowest BCUT2D eigenvalue weighted by atomic mass is 10.3. The van der Waals surface area contributed by atoms with Crippen molar-refractivity contribution in [2.24, 2.45) is 0 Å². The molecule has 1 heterocycles. The molecule has 0 aliphatic carbocycles. The van der Waals surface area contributed by atoms with Gasteiger partial charge in [0.15, 0.2) is 12.0 Å². The van der Waals surface area contributed by atoms with Crippen LogP contribution >= 0.6 is 0 Å². The first-order chi connectivity index (χ1) is 9.89. The summed E-state index contributed by atoms with van der Waals surface area (Å²) in [6.07, 6.45) is -2.69. The lowest BCUT2D eigenvalue weighted by molar-refractivity contribution is -0.143. The van der Waals surface area contributed by atoms with Gasteiger partial charge in [0.25, 0.3) is 0 Å². The zero-order valence-corrected chi connectivity index (χ0v) is 10.4. The average molecular weight is 300 g/mol. The molecular formula is C11H8F4N6. The zero-order chi connectivity index (χ0) is 15.5. The Morgan fingerprint density at radius 1 is 1.24 bits per heavy atom. The summed E-state index contributed by atoms with van der Waals surface area (Å²) in [4.78, 5) is 1.05. The molecule has 0 fully saturated rings. The highest BCUT2D eigenvalue weighted by Gasteiger charge is 2.30. The third-order valence-electron chi connectivity index (χ3n) is 2.49. The highest BCUT2D eigenvalue weighted by atomic mass is 19.4. The number of nitrogens with zero attached hydrogens (tertiary/aromatic N) is 6. The molecule has 0 saturated carbocycles. The van der Waals surface area contributed by atoms with Crippen LogP contribution in [0, 0.1) is 17.3 Å². The number of nitriles is 1. The fraction of sp³-hybridized carbons (Fsp3) is 0.273. The smallest absolute Gasteiger partial charge is 0.272 e. The maximum Gasteiger partial charge on any atom is 0.408 e. The molecule has 0 aliphatic rings. The molecule has 0 unspecified atom stereocenters. The van der Waals surface area contributed by atoms with Crippen molar-refractivity contribution in [2.45, 2.75) is 19.3 Å². The quantitative estimate of drug-likeness (QED) is 0.489. The maximum atomic E-state index is 12.8. The van der Waals surface area contributed by atoms with Crippen molar-refractivity contribution in [1.29, 1.82) is 5.26 Å². The van der Waals surface area contributed by atoms with Crippen molar-refractivity contribution in [1.82, 2.24) is 20.2 Å². The molecule has 0 bridgehead atoms. The molecule has 0 N–H and O–H groups in total. The molecule has 21 heavy (non-hydrogen) atoms. The van der Waals surface area contributed by atoms with Gasteiger partial charge in [-0.15, -0.1) is 5.10 Å². The third-order valence-corrected chi connectivity index (χ3v) is 2.49. The number of rotatable bonds is 4. The van der Waals surface area contributed by atoms with Gasteiger partial charge in [-0.2, -0.15) is 18.4 Å². The first kappa shape index (κ1) is 14.7. The van der Waals surface area contributed by atoms with Crippen LogP contribution in [0.1, 0.15) is 5.82 Å². The molecule has 0 spiro atoms. The van der Waals surface area contributed by atoms with Gasteiger partial charge < -0.3 is 0 Å². The molecule has 0 radical (unpaired) electrons. The van der Waals surface area contributed by atoms with E-state index >= 15 is 0 Å². The van der Waals surface area contributed by atoms with E-state index in [9.17, 15) is 17.6 Å². The normalized spacial score (nSPS) is 11.2. The molecule has 2 rings (SSSR count). The molecule has 6 nitrogen and oxygen atoms in total. The van der Waals surface area contributed by atoms with Gasteiger partial charge in [0.1, 0.15) is 12.4 Å². The minimum atomic E-state index is -4.47. The van der Waals surface area contributed by atoms with Gasteiger partial charge in [0.2, 0.25) is 0 Å². The van der Waals surface area contributed by atoms with Crippen LogP contribution < -0.4 is 4.90 Å². The minimum Gasteiger partial charge on any atom is -0.272 e. The van der Waals surface area contributed by atoms with Gasteiger partial charge in [-0.25, -0.2) is 9.07 Å². The van der Waals surface area contributed by atoms with Crippen molar-refractivity contribution in [3.05, 3.63) is 35.9 Å². The van der Waals surface area contributed by atoms with E-state index in [1.165, 1.54) is 12.1 Å². The highest BCUT2D eigenvalue weighted by molar-refractivity contribution is 5.50. The van der Waals surface area contributed by atoms with Crippen molar-refractivity contribution >= 4 is 5.69 Å². The van der Waals surface area contributed by atoms with E-state index in [1.807, 2.05) is 0 Å². The van der Waals surface area contributed by atoms with E-state index in [1.54, 1.807) is 6.19 Å². The van der Waals surface area contributed by atoms with Crippen molar-refractivity contribution in [3.8, 4) is 6.19 Å². The summed E-state index contributed by atoms with van der Waals surface area (Å²) >= 11 is 0. The molecule has 1 aromatic heterocycles.